The molecule has 0 bridgehead atoms. The van der Waals surface area contributed by atoms with Gasteiger partial charge in [-0.25, -0.2) is 0 Å². The van der Waals surface area contributed by atoms with E-state index in [1.165, 1.54) is 37.1 Å². The van der Waals surface area contributed by atoms with Crippen molar-refractivity contribution >= 4 is 5.97 Å². The minimum atomic E-state index is -0.769. The number of hydrogen-bond donors (Lipinski definition) is 1. The summed E-state index contributed by atoms with van der Waals surface area (Å²) in [6.07, 6.45) is 3.65. The van der Waals surface area contributed by atoms with Crippen molar-refractivity contribution in [1.82, 2.24) is 9.80 Å². The van der Waals surface area contributed by atoms with Crippen LogP contribution < -0.4 is 0 Å². The molecule has 2 aliphatic rings. The van der Waals surface area contributed by atoms with Crippen molar-refractivity contribution in [3.05, 3.63) is 108 Å². The fraction of sp³-hybridized carbons (Fsp3) is 0.367. The highest BCUT2D eigenvalue weighted by Crippen LogP contribution is 2.33. The predicted molar refractivity (Wildman–Crippen MR) is 138 cm³/mol. The normalized spacial score (nSPS) is 20.3. The van der Waals surface area contributed by atoms with E-state index >= 15 is 0 Å². The van der Waals surface area contributed by atoms with E-state index in [9.17, 15) is 9.90 Å². The highest BCUT2D eigenvalue weighted by molar-refractivity contribution is 5.75. The first-order chi connectivity index (χ1) is 16.6. The highest BCUT2D eigenvalue weighted by atomic mass is 16.4. The molecule has 4 heteroatoms. The molecule has 2 atom stereocenters. The lowest BCUT2D eigenvalue weighted by Gasteiger charge is -2.29. The molecule has 0 aliphatic carbocycles. The van der Waals surface area contributed by atoms with Gasteiger partial charge in [0.25, 0.3) is 0 Å². The third-order valence-electron chi connectivity index (χ3n) is 7.19. The van der Waals surface area contributed by atoms with Crippen molar-refractivity contribution < 1.29 is 9.90 Å². The van der Waals surface area contributed by atoms with E-state index in [1.54, 1.807) is 0 Å². The van der Waals surface area contributed by atoms with E-state index < -0.39 is 12.0 Å². The monoisotopic (exact) mass is 456 g/mol. The number of piperidine rings is 1. The molecule has 34 heavy (non-hydrogen) atoms. The minimum Gasteiger partial charge on any atom is -0.480 e. The van der Waals surface area contributed by atoms with Gasteiger partial charge in [0.1, 0.15) is 6.04 Å². The second-order valence-corrected chi connectivity index (χ2v) is 9.53. The molecule has 0 aromatic heterocycles. The maximum absolute atomic E-state index is 11.7. The molecule has 2 saturated heterocycles. The molecule has 2 heterocycles. The first-order valence-electron chi connectivity index (χ1n) is 12.4. The molecule has 1 N–H and O–H groups in total. The Hall–Kier alpha value is -2.95. The molecule has 5 rings (SSSR count). The van der Waals surface area contributed by atoms with E-state index in [0.717, 1.165) is 31.0 Å². The molecule has 2 aliphatic heterocycles. The quantitative estimate of drug-likeness (QED) is 0.527. The molecule has 3 aromatic carbocycles. The number of carboxylic acids is 1. The molecule has 2 fully saturated rings. The first kappa shape index (κ1) is 24.2. The smallest absolute Gasteiger partial charge is 0.325 e. The number of benzene rings is 3. The summed E-state index contributed by atoms with van der Waals surface area (Å²) in [7, 11) is 2.21. The van der Waals surface area contributed by atoms with Gasteiger partial charge in [-0.3, -0.25) is 9.69 Å². The van der Waals surface area contributed by atoms with Crippen LogP contribution in [0.1, 0.15) is 53.8 Å². The Labute approximate surface area is 203 Å². The van der Waals surface area contributed by atoms with Gasteiger partial charge >= 0.3 is 5.97 Å². The lowest BCUT2D eigenvalue weighted by Crippen LogP contribution is -2.32. The van der Waals surface area contributed by atoms with E-state index in [2.05, 4.69) is 59.3 Å². The Morgan fingerprint density at radius 2 is 1.21 bits per heavy atom. The number of carbonyl (C=O) groups is 1. The Morgan fingerprint density at radius 1 is 0.735 bits per heavy atom. The van der Waals surface area contributed by atoms with Gasteiger partial charge in [-0.15, -0.1) is 0 Å². The van der Waals surface area contributed by atoms with Crippen molar-refractivity contribution in [2.24, 2.45) is 0 Å². The lowest BCUT2D eigenvalue weighted by molar-refractivity contribution is -0.143. The van der Waals surface area contributed by atoms with Crippen molar-refractivity contribution in [3.8, 4) is 0 Å². The minimum absolute atomic E-state index is 0.428. The molecule has 4 nitrogen and oxygen atoms in total. The van der Waals surface area contributed by atoms with Gasteiger partial charge in [-0.2, -0.15) is 0 Å². The van der Waals surface area contributed by atoms with Gasteiger partial charge in [-0.05, 0) is 74.5 Å². The van der Waals surface area contributed by atoms with E-state index in [-0.39, 0.29) is 0 Å². The van der Waals surface area contributed by atoms with E-state index in [1.807, 2.05) is 48.5 Å². The van der Waals surface area contributed by atoms with Crippen LogP contribution in [0.2, 0.25) is 0 Å². The Balaban J connectivity index is 0.000000180. The Bertz CT molecular complexity index is 1000. The van der Waals surface area contributed by atoms with Gasteiger partial charge in [0.05, 0.1) is 0 Å². The average Bonchev–Trinajstić information content (AvgIpc) is 3.36. The zero-order valence-corrected chi connectivity index (χ0v) is 20.1. The summed E-state index contributed by atoms with van der Waals surface area (Å²) in [5.74, 6) is 0.462. The summed E-state index contributed by atoms with van der Waals surface area (Å²) >= 11 is 0. The second kappa shape index (κ2) is 12.0. The van der Waals surface area contributed by atoms with Crippen LogP contribution in [0.4, 0.5) is 0 Å². The molecule has 0 spiro atoms. The molecule has 3 aromatic rings. The highest BCUT2D eigenvalue weighted by Gasteiger charge is 2.33. The molecular formula is C30H36N2O2. The third-order valence-corrected chi connectivity index (χ3v) is 7.19. The standard InChI is InChI=1S/C18H19NO2.C12H17N/c20-18(21)17(15-9-5-2-6-10-15)19-12-11-16(13-19)14-7-3-1-4-8-14;1-13-9-7-12(8-10-13)11-5-3-2-4-6-11/h1-10,16-17H,11-13H2,(H,20,21);2-6,12H,7-10H2,1H3/t16?,17-;/m1./s1. The number of hydrogen-bond acceptors (Lipinski definition) is 3. The fourth-order valence-corrected chi connectivity index (χ4v) is 5.23. The maximum atomic E-state index is 11.7. The van der Waals surface area contributed by atoms with Gasteiger partial charge in [-0.1, -0.05) is 91.0 Å². The molecular weight excluding hydrogens is 420 g/mol. The van der Waals surface area contributed by atoms with E-state index in [4.69, 9.17) is 0 Å². The molecule has 178 valence electrons. The van der Waals surface area contributed by atoms with E-state index in [0.29, 0.717) is 5.92 Å². The number of carboxylic acid groups (broad SMARTS) is 1. The molecule has 0 amide bonds. The Morgan fingerprint density at radius 3 is 1.74 bits per heavy atom. The Kier molecular flexibility index (Phi) is 8.51. The SMILES string of the molecule is CN1CCC(c2ccccc2)CC1.O=C(O)[C@@H](c1ccccc1)N1CCC(c2ccccc2)C1. The summed E-state index contributed by atoms with van der Waals surface area (Å²) < 4.78 is 0. The molecule has 0 radical (unpaired) electrons. The van der Waals surface area contributed by atoms with Crippen LogP contribution >= 0.6 is 0 Å². The zero-order valence-electron chi connectivity index (χ0n) is 20.1. The number of nitrogens with zero attached hydrogens (tertiary/aromatic N) is 2. The number of aliphatic carboxylic acids is 1. The number of rotatable bonds is 5. The largest absolute Gasteiger partial charge is 0.480 e. The van der Waals surface area contributed by atoms with Crippen molar-refractivity contribution in [1.29, 1.82) is 0 Å². The third kappa shape index (κ3) is 6.34. The topological polar surface area (TPSA) is 43.8 Å². The van der Waals surface area contributed by atoms with Crippen molar-refractivity contribution in [3.63, 3.8) is 0 Å². The van der Waals surface area contributed by atoms with Crippen LogP contribution in [0.15, 0.2) is 91.0 Å². The predicted octanol–water partition coefficient (Wildman–Crippen LogP) is 5.80. The van der Waals surface area contributed by atoms with Crippen LogP contribution in [0.3, 0.4) is 0 Å². The van der Waals surface area contributed by atoms with Crippen molar-refractivity contribution in [2.75, 3.05) is 33.2 Å². The summed E-state index contributed by atoms with van der Waals surface area (Å²) in [6, 6.07) is 30.2. The molecule has 1 unspecified atom stereocenters. The van der Waals surface area contributed by atoms with Gasteiger partial charge in [0, 0.05) is 6.54 Å². The number of likely N-dealkylation sites (tertiary alicyclic amines) is 2. The maximum Gasteiger partial charge on any atom is 0.325 e. The fourth-order valence-electron chi connectivity index (χ4n) is 5.23. The summed E-state index contributed by atoms with van der Waals surface area (Å²) in [5, 5.41) is 9.60. The van der Waals surface area contributed by atoms with Gasteiger partial charge in [0.2, 0.25) is 0 Å². The van der Waals surface area contributed by atoms with Crippen LogP contribution in [0, 0.1) is 0 Å². The zero-order chi connectivity index (χ0) is 23.8. The van der Waals surface area contributed by atoms with Crippen LogP contribution in [0.25, 0.3) is 0 Å². The van der Waals surface area contributed by atoms with Gasteiger partial charge in [0.15, 0.2) is 0 Å². The lowest BCUT2D eigenvalue weighted by atomic mass is 9.90. The van der Waals surface area contributed by atoms with Crippen LogP contribution in [-0.2, 0) is 4.79 Å². The first-order valence-corrected chi connectivity index (χ1v) is 12.4. The van der Waals surface area contributed by atoms with Gasteiger partial charge < -0.3 is 10.0 Å². The average molecular weight is 457 g/mol. The second-order valence-electron chi connectivity index (χ2n) is 9.53. The van der Waals surface area contributed by atoms with Crippen LogP contribution in [-0.4, -0.2) is 54.1 Å². The van der Waals surface area contributed by atoms with Crippen LogP contribution in [0.5, 0.6) is 0 Å². The molecule has 0 saturated carbocycles. The summed E-state index contributed by atoms with van der Waals surface area (Å²) in [6.45, 7) is 4.13. The van der Waals surface area contributed by atoms with Crippen molar-refractivity contribution in [2.45, 2.75) is 37.1 Å². The summed E-state index contributed by atoms with van der Waals surface area (Å²) in [5.41, 5.74) is 3.69. The summed E-state index contributed by atoms with van der Waals surface area (Å²) in [4.78, 5) is 16.2.